The van der Waals surface area contributed by atoms with E-state index in [1.165, 1.54) is 6.92 Å². The normalized spacial score (nSPS) is 12.0. The van der Waals surface area contributed by atoms with Gasteiger partial charge in [0, 0.05) is 0 Å². The highest BCUT2D eigenvalue weighted by atomic mass is 32.2. The second-order valence-electron chi connectivity index (χ2n) is 4.29. The molecular weight excluding hydrogens is 358 g/mol. The van der Waals surface area contributed by atoms with E-state index < -0.39 is 54.7 Å². The van der Waals surface area contributed by atoms with Gasteiger partial charge in [-0.2, -0.15) is 13.9 Å². The third-order valence-corrected chi connectivity index (χ3v) is 5.26. The number of esters is 1. The molecule has 23 heavy (non-hydrogen) atoms. The Kier molecular flexibility index (Phi) is 5.99. The van der Waals surface area contributed by atoms with Crippen LogP contribution in [0.4, 0.5) is 8.78 Å². The highest BCUT2D eigenvalue weighted by Gasteiger charge is 2.32. The Bertz CT molecular complexity index is 823. The molecule has 0 amide bonds. The Morgan fingerprint density at radius 1 is 1.35 bits per heavy atom. The van der Waals surface area contributed by atoms with Crippen molar-refractivity contribution in [3.63, 3.8) is 0 Å². The number of hydrogen-bond acceptors (Lipinski definition) is 7. The molecule has 0 aliphatic heterocycles. The molecule has 0 aromatic carbocycles. The minimum Gasteiger partial charge on any atom is -0.462 e. The van der Waals surface area contributed by atoms with E-state index in [4.69, 9.17) is 0 Å². The summed E-state index contributed by atoms with van der Waals surface area (Å²) in [5, 5.41) is 2.49. The monoisotopic (exact) mass is 372 g/mol. The quantitative estimate of drug-likeness (QED) is 0.651. The minimum absolute atomic E-state index is 0.0713. The zero-order chi connectivity index (χ0) is 17.8. The van der Waals surface area contributed by atoms with E-state index >= 15 is 0 Å². The van der Waals surface area contributed by atoms with Crippen LogP contribution in [-0.2, 0) is 24.6 Å². The van der Waals surface area contributed by atoms with Gasteiger partial charge in [-0.15, -0.1) is 4.09 Å². The molecule has 0 radical (unpaired) electrons. The van der Waals surface area contributed by atoms with Crippen LogP contribution in [-0.4, -0.2) is 50.6 Å². The molecule has 0 aliphatic carbocycles. The van der Waals surface area contributed by atoms with E-state index in [1.807, 2.05) is 0 Å². The topological polar surface area (TPSA) is 112 Å². The molecule has 0 aliphatic rings. The fraction of sp³-hybridized carbons (Fsp3) is 0.455. The first kappa shape index (κ1) is 19.2. The summed E-state index contributed by atoms with van der Waals surface area (Å²) in [5.41, 5.74) is -0.568. The smallest absolute Gasteiger partial charge is 0.342 e. The molecule has 0 spiro atoms. The Labute approximate surface area is 131 Å². The molecule has 8 nitrogen and oxygen atoms in total. The number of nitrogens with zero attached hydrogens (tertiary/aromatic N) is 2. The zero-order valence-corrected chi connectivity index (χ0v) is 13.8. The maximum absolute atomic E-state index is 12.3. The van der Waals surface area contributed by atoms with Crippen LogP contribution in [0.25, 0.3) is 0 Å². The Morgan fingerprint density at radius 2 is 1.96 bits per heavy atom. The van der Waals surface area contributed by atoms with Crippen molar-refractivity contribution in [3.8, 4) is 0 Å². The highest BCUT2D eigenvalue weighted by molar-refractivity contribution is 7.93. The Balaban J connectivity index is 3.43. The van der Waals surface area contributed by atoms with Crippen LogP contribution >= 0.6 is 0 Å². The molecule has 0 saturated heterocycles. The van der Waals surface area contributed by atoms with E-state index in [0.717, 1.165) is 6.20 Å². The van der Waals surface area contributed by atoms with Crippen molar-refractivity contribution in [2.24, 2.45) is 0 Å². The number of carbonyl (C=O) groups excluding carboxylic acids is 1. The van der Waals surface area contributed by atoms with Crippen molar-refractivity contribution < 1.29 is 35.1 Å². The molecule has 130 valence electrons. The third kappa shape index (κ3) is 4.82. The van der Waals surface area contributed by atoms with Crippen LogP contribution in [0.1, 0.15) is 23.7 Å². The summed E-state index contributed by atoms with van der Waals surface area (Å²) in [5.74, 6) is -1.90. The number of hydrogen-bond donors (Lipinski definition) is 0. The SMILES string of the molecule is CCOC(=O)c1cnn(S(C)(=O)=O)c1S(=O)(=O)CCC=C(F)F. The number of ether oxygens (including phenoxy) is 1. The van der Waals surface area contributed by atoms with Gasteiger partial charge in [-0.25, -0.2) is 21.6 Å². The van der Waals surface area contributed by atoms with Gasteiger partial charge < -0.3 is 4.74 Å². The molecule has 1 rings (SSSR count). The Morgan fingerprint density at radius 3 is 2.43 bits per heavy atom. The highest BCUT2D eigenvalue weighted by Crippen LogP contribution is 2.21. The summed E-state index contributed by atoms with van der Waals surface area (Å²) in [6.07, 6.45) is -0.806. The van der Waals surface area contributed by atoms with Crippen molar-refractivity contribution >= 4 is 25.8 Å². The molecule has 0 unspecified atom stereocenters. The van der Waals surface area contributed by atoms with Crippen LogP contribution in [0.2, 0.25) is 0 Å². The molecule has 0 bridgehead atoms. The van der Waals surface area contributed by atoms with Gasteiger partial charge >= 0.3 is 5.97 Å². The lowest BCUT2D eigenvalue weighted by Gasteiger charge is -2.08. The molecule has 1 aromatic heterocycles. The van der Waals surface area contributed by atoms with Crippen LogP contribution < -0.4 is 0 Å². The predicted octanol–water partition coefficient (Wildman–Crippen LogP) is 0.812. The minimum atomic E-state index is -4.38. The van der Waals surface area contributed by atoms with E-state index in [0.29, 0.717) is 12.3 Å². The maximum atomic E-state index is 12.3. The summed E-state index contributed by atoms with van der Waals surface area (Å²) in [6, 6.07) is 0. The number of rotatable bonds is 7. The first-order valence-corrected chi connectivity index (χ1v) is 9.70. The predicted molar refractivity (Wildman–Crippen MR) is 75.4 cm³/mol. The largest absolute Gasteiger partial charge is 0.462 e. The van der Waals surface area contributed by atoms with Crippen molar-refractivity contribution in [3.05, 3.63) is 23.9 Å². The zero-order valence-electron chi connectivity index (χ0n) is 12.2. The second kappa shape index (κ2) is 7.17. The maximum Gasteiger partial charge on any atom is 0.342 e. The van der Waals surface area contributed by atoms with E-state index in [2.05, 4.69) is 9.84 Å². The van der Waals surface area contributed by atoms with Crippen molar-refractivity contribution in [2.45, 2.75) is 18.4 Å². The molecule has 0 fully saturated rings. The first-order valence-electron chi connectivity index (χ1n) is 6.20. The second-order valence-corrected chi connectivity index (χ2v) is 8.13. The van der Waals surface area contributed by atoms with Gasteiger partial charge in [0.15, 0.2) is 14.9 Å². The summed E-state index contributed by atoms with van der Waals surface area (Å²) >= 11 is 0. The molecule has 0 atom stereocenters. The molecule has 0 saturated carbocycles. The van der Waals surface area contributed by atoms with Gasteiger partial charge in [-0.3, -0.25) is 0 Å². The van der Waals surface area contributed by atoms with E-state index in [-0.39, 0.29) is 10.7 Å². The van der Waals surface area contributed by atoms with Gasteiger partial charge in [0.2, 0.25) is 0 Å². The van der Waals surface area contributed by atoms with Gasteiger partial charge in [-0.05, 0) is 19.4 Å². The number of aromatic nitrogens is 2. The average molecular weight is 372 g/mol. The lowest BCUT2D eigenvalue weighted by atomic mass is 10.4. The average Bonchev–Trinajstić information content (AvgIpc) is 2.83. The summed E-state index contributed by atoms with van der Waals surface area (Å²) in [4.78, 5) is 11.8. The van der Waals surface area contributed by atoms with Gasteiger partial charge in [-0.1, -0.05) is 0 Å². The van der Waals surface area contributed by atoms with E-state index in [1.54, 1.807) is 0 Å². The molecule has 1 heterocycles. The van der Waals surface area contributed by atoms with Crippen LogP contribution in [0.15, 0.2) is 23.4 Å². The molecule has 12 heteroatoms. The standard InChI is InChI=1S/C11H14F2N2O6S2/c1-3-21-11(16)8-7-14-15(22(2,17)18)10(8)23(19,20)6-4-5-9(12)13/h5,7H,3-4,6H2,1-2H3. The number of allylic oxidation sites excluding steroid dienone is 1. The number of carbonyl (C=O) groups is 1. The van der Waals surface area contributed by atoms with Crippen LogP contribution in [0.5, 0.6) is 0 Å². The molecule has 1 aromatic rings. The van der Waals surface area contributed by atoms with Crippen LogP contribution in [0, 0.1) is 0 Å². The molecule has 0 N–H and O–H groups in total. The Hall–Kier alpha value is -1.82. The van der Waals surface area contributed by atoms with Crippen molar-refractivity contribution in [1.29, 1.82) is 0 Å². The fourth-order valence-electron chi connectivity index (χ4n) is 1.61. The first-order chi connectivity index (χ1) is 10.5. The lowest BCUT2D eigenvalue weighted by molar-refractivity contribution is 0.0521. The van der Waals surface area contributed by atoms with Crippen molar-refractivity contribution in [2.75, 3.05) is 18.6 Å². The number of sulfone groups is 1. The summed E-state index contributed by atoms with van der Waals surface area (Å²) in [7, 11) is -8.51. The molecular formula is C11H14F2N2O6S2. The third-order valence-electron chi connectivity index (χ3n) is 2.49. The fourth-order valence-corrected chi connectivity index (χ4v) is 4.35. The van der Waals surface area contributed by atoms with E-state index in [9.17, 15) is 30.4 Å². The van der Waals surface area contributed by atoms with Gasteiger partial charge in [0.25, 0.3) is 16.1 Å². The summed E-state index contributed by atoms with van der Waals surface area (Å²) < 4.78 is 76.6. The van der Waals surface area contributed by atoms with Gasteiger partial charge in [0.05, 0.1) is 24.8 Å². The number of halogens is 2. The lowest BCUT2D eigenvalue weighted by Crippen LogP contribution is -2.22. The summed E-state index contributed by atoms with van der Waals surface area (Å²) in [6.45, 7) is 1.40. The van der Waals surface area contributed by atoms with Crippen LogP contribution in [0.3, 0.4) is 0 Å². The van der Waals surface area contributed by atoms with Crippen molar-refractivity contribution in [1.82, 2.24) is 9.19 Å². The van der Waals surface area contributed by atoms with Gasteiger partial charge in [0.1, 0.15) is 5.56 Å².